The molecule has 2 aromatic heterocycles. The number of pyridine rings is 1. The number of halogens is 2. The average molecular weight is 291 g/mol. The molecule has 2 nitrogen and oxygen atoms in total. The maximum Gasteiger partial charge on any atom is 0.142 e. The summed E-state index contributed by atoms with van der Waals surface area (Å²) in [7, 11) is 0. The fourth-order valence-corrected chi connectivity index (χ4v) is 2.45. The molecule has 0 amide bonds. The van der Waals surface area contributed by atoms with Gasteiger partial charge < -0.3 is 4.98 Å². The summed E-state index contributed by atoms with van der Waals surface area (Å²) in [5, 5.41) is 0.754. The Morgan fingerprint density at radius 2 is 1.94 bits per heavy atom. The number of hydrogen-bond donors (Lipinski definition) is 1. The predicted octanol–water partition coefficient (Wildman–Crippen LogP) is 4.13. The first-order valence-electron chi connectivity index (χ1n) is 5.14. The lowest BCUT2D eigenvalue weighted by Crippen LogP contribution is -1.79. The maximum atomic E-state index is 13.1. The zero-order chi connectivity index (χ0) is 11.8. The van der Waals surface area contributed by atoms with Gasteiger partial charge in [-0.2, -0.15) is 0 Å². The second-order valence-electron chi connectivity index (χ2n) is 3.73. The van der Waals surface area contributed by atoms with Crippen LogP contribution >= 0.6 is 15.9 Å². The minimum atomic E-state index is -0.336. The van der Waals surface area contributed by atoms with Gasteiger partial charge in [-0.1, -0.05) is 30.3 Å². The molecule has 1 N–H and O–H groups in total. The molecule has 0 spiro atoms. The Hall–Kier alpha value is -1.68. The third kappa shape index (κ3) is 1.74. The first-order valence-corrected chi connectivity index (χ1v) is 5.93. The van der Waals surface area contributed by atoms with Crippen molar-refractivity contribution >= 4 is 27.0 Å². The molecule has 2 heterocycles. The number of hydrogen-bond acceptors (Lipinski definition) is 1. The highest BCUT2D eigenvalue weighted by molar-refractivity contribution is 9.10. The van der Waals surface area contributed by atoms with E-state index in [0.29, 0.717) is 5.65 Å². The Labute approximate surface area is 106 Å². The molecule has 0 unspecified atom stereocenters. The number of benzene rings is 1. The van der Waals surface area contributed by atoms with E-state index in [1.807, 2.05) is 30.3 Å². The molecule has 0 atom stereocenters. The van der Waals surface area contributed by atoms with E-state index in [-0.39, 0.29) is 5.82 Å². The smallest absolute Gasteiger partial charge is 0.142 e. The number of nitrogens with one attached hydrogen (secondary N) is 1. The summed E-state index contributed by atoms with van der Waals surface area (Å²) < 4.78 is 14.0. The van der Waals surface area contributed by atoms with Gasteiger partial charge in [0.2, 0.25) is 0 Å². The SMILES string of the molecule is Fc1cnc2[nH]c(-c3ccccc3)c(Br)c2c1. The molecule has 17 heavy (non-hydrogen) atoms. The highest BCUT2D eigenvalue weighted by Gasteiger charge is 2.11. The number of nitrogens with zero attached hydrogens (tertiary/aromatic N) is 1. The van der Waals surface area contributed by atoms with Crippen LogP contribution in [0.4, 0.5) is 4.39 Å². The van der Waals surface area contributed by atoms with Gasteiger partial charge in [-0.25, -0.2) is 9.37 Å². The summed E-state index contributed by atoms with van der Waals surface area (Å²) in [4.78, 5) is 7.21. The molecule has 0 saturated heterocycles. The van der Waals surface area contributed by atoms with Crippen LogP contribution in [0.15, 0.2) is 47.1 Å². The normalized spacial score (nSPS) is 10.9. The Balaban J connectivity index is 2.28. The second-order valence-corrected chi connectivity index (χ2v) is 4.52. The summed E-state index contributed by atoms with van der Waals surface area (Å²) in [6.07, 6.45) is 1.21. The number of H-pyrrole nitrogens is 1. The van der Waals surface area contributed by atoms with E-state index in [1.165, 1.54) is 12.3 Å². The average Bonchev–Trinajstić information content (AvgIpc) is 2.68. The zero-order valence-corrected chi connectivity index (χ0v) is 10.3. The first kappa shape index (κ1) is 10.5. The van der Waals surface area contributed by atoms with E-state index in [1.54, 1.807) is 0 Å². The fraction of sp³-hybridized carbons (Fsp3) is 0. The Kier molecular flexibility index (Phi) is 2.44. The maximum absolute atomic E-state index is 13.1. The van der Waals surface area contributed by atoms with Crippen molar-refractivity contribution in [3.05, 3.63) is 52.9 Å². The molecule has 3 aromatic rings. The molecule has 0 fully saturated rings. The third-order valence-electron chi connectivity index (χ3n) is 2.62. The van der Waals surface area contributed by atoms with E-state index < -0.39 is 0 Å². The van der Waals surface area contributed by atoms with E-state index in [4.69, 9.17) is 0 Å². The van der Waals surface area contributed by atoms with Gasteiger partial charge in [0.25, 0.3) is 0 Å². The van der Waals surface area contributed by atoms with Crippen molar-refractivity contribution in [1.82, 2.24) is 9.97 Å². The lowest BCUT2D eigenvalue weighted by molar-refractivity contribution is 0.624. The van der Waals surface area contributed by atoms with E-state index in [9.17, 15) is 4.39 Å². The summed E-state index contributed by atoms with van der Waals surface area (Å²) >= 11 is 3.48. The highest BCUT2D eigenvalue weighted by Crippen LogP contribution is 2.33. The number of rotatable bonds is 1. The fourth-order valence-electron chi connectivity index (χ4n) is 1.82. The molecular weight excluding hydrogens is 283 g/mol. The van der Waals surface area contributed by atoms with Gasteiger partial charge in [0.1, 0.15) is 11.5 Å². The number of fused-ring (bicyclic) bond motifs is 1. The molecule has 4 heteroatoms. The summed E-state index contributed by atoms with van der Waals surface area (Å²) in [5.41, 5.74) is 2.63. The lowest BCUT2D eigenvalue weighted by atomic mass is 10.1. The molecular formula is C13H8BrFN2. The van der Waals surface area contributed by atoms with Crippen LogP contribution in [-0.4, -0.2) is 9.97 Å². The van der Waals surface area contributed by atoms with Crippen LogP contribution in [0, 0.1) is 5.82 Å². The van der Waals surface area contributed by atoms with Crippen LogP contribution < -0.4 is 0 Å². The minimum Gasteiger partial charge on any atom is -0.338 e. The molecule has 0 bridgehead atoms. The van der Waals surface area contributed by atoms with Crippen molar-refractivity contribution in [3.8, 4) is 11.3 Å². The van der Waals surface area contributed by atoms with Gasteiger partial charge in [-0.3, -0.25) is 0 Å². The largest absolute Gasteiger partial charge is 0.338 e. The van der Waals surface area contributed by atoms with Gasteiger partial charge in [-0.15, -0.1) is 0 Å². The van der Waals surface area contributed by atoms with Crippen LogP contribution in [0.2, 0.25) is 0 Å². The Morgan fingerprint density at radius 3 is 2.71 bits per heavy atom. The van der Waals surface area contributed by atoms with Gasteiger partial charge in [0.15, 0.2) is 0 Å². The van der Waals surface area contributed by atoms with Gasteiger partial charge >= 0.3 is 0 Å². The monoisotopic (exact) mass is 290 g/mol. The van der Waals surface area contributed by atoms with Crippen LogP contribution in [0.25, 0.3) is 22.3 Å². The van der Waals surface area contributed by atoms with E-state index in [0.717, 1.165) is 21.1 Å². The molecule has 0 aliphatic heterocycles. The molecule has 84 valence electrons. The molecule has 0 aliphatic rings. The molecule has 0 radical (unpaired) electrons. The van der Waals surface area contributed by atoms with Crippen molar-refractivity contribution < 1.29 is 4.39 Å². The van der Waals surface area contributed by atoms with Crippen LogP contribution in [0.5, 0.6) is 0 Å². The highest BCUT2D eigenvalue weighted by atomic mass is 79.9. The summed E-state index contributed by atoms with van der Waals surface area (Å²) in [6, 6.07) is 11.3. The van der Waals surface area contributed by atoms with Crippen molar-refractivity contribution in [3.63, 3.8) is 0 Å². The predicted molar refractivity (Wildman–Crippen MR) is 69.2 cm³/mol. The third-order valence-corrected chi connectivity index (χ3v) is 3.44. The van der Waals surface area contributed by atoms with E-state index in [2.05, 4.69) is 25.9 Å². The first-order chi connectivity index (χ1) is 8.25. The van der Waals surface area contributed by atoms with Crippen molar-refractivity contribution in [1.29, 1.82) is 0 Å². The van der Waals surface area contributed by atoms with Crippen molar-refractivity contribution in [2.45, 2.75) is 0 Å². The standard InChI is InChI=1S/C13H8BrFN2/c14-11-10-6-9(15)7-16-13(10)17-12(11)8-4-2-1-3-5-8/h1-7H,(H,16,17). The number of aromatic nitrogens is 2. The quantitative estimate of drug-likeness (QED) is 0.717. The van der Waals surface area contributed by atoms with Gasteiger partial charge in [-0.05, 0) is 27.6 Å². The van der Waals surface area contributed by atoms with Gasteiger partial charge in [0, 0.05) is 5.39 Å². The molecule has 0 aliphatic carbocycles. The summed E-state index contributed by atoms with van der Waals surface area (Å²) in [5.74, 6) is -0.336. The van der Waals surface area contributed by atoms with E-state index >= 15 is 0 Å². The number of aromatic amines is 1. The zero-order valence-electron chi connectivity index (χ0n) is 8.74. The lowest BCUT2D eigenvalue weighted by Gasteiger charge is -1.97. The Bertz CT molecular complexity index is 676. The van der Waals surface area contributed by atoms with Crippen molar-refractivity contribution in [2.24, 2.45) is 0 Å². The second kappa shape index (κ2) is 3.96. The minimum absolute atomic E-state index is 0.336. The molecule has 0 saturated carbocycles. The van der Waals surface area contributed by atoms with Crippen LogP contribution in [0.1, 0.15) is 0 Å². The van der Waals surface area contributed by atoms with Crippen molar-refractivity contribution in [2.75, 3.05) is 0 Å². The molecule has 1 aromatic carbocycles. The van der Waals surface area contributed by atoms with Crippen LogP contribution in [-0.2, 0) is 0 Å². The van der Waals surface area contributed by atoms with Crippen LogP contribution in [0.3, 0.4) is 0 Å². The summed E-state index contributed by atoms with van der Waals surface area (Å²) in [6.45, 7) is 0. The Morgan fingerprint density at radius 1 is 1.18 bits per heavy atom. The molecule has 3 rings (SSSR count). The topological polar surface area (TPSA) is 28.7 Å². The van der Waals surface area contributed by atoms with Gasteiger partial charge in [0.05, 0.1) is 16.4 Å².